The fraction of sp³-hybridized carbons (Fsp3) is 0.200. The number of rotatable bonds is 4. The third kappa shape index (κ3) is 3.35. The number of hydrogen-bond donors (Lipinski definition) is 1. The lowest BCUT2D eigenvalue weighted by Gasteiger charge is -2.30. The Morgan fingerprint density at radius 2 is 1.32 bits per heavy atom. The summed E-state index contributed by atoms with van der Waals surface area (Å²) in [5, 5.41) is 2.17. The largest absolute Gasteiger partial charge is 0.455 e. The van der Waals surface area contributed by atoms with E-state index in [4.69, 9.17) is 0 Å². The highest BCUT2D eigenvalue weighted by Crippen LogP contribution is 2.45. The van der Waals surface area contributed by atoms with E-state index in [-0.39, 0.29) is 11.3 Å². The zero-order chi connectivity index (χ0) is 16.4. The van der Waals surface area contributed by atoms with Gasteiger partial charge in [0.25, 0.3) is 0 Å². The molecular weight excluding hydrogens is 308 g/mol. The van der Waals surface area contributed by atoms with Gasteiger partial charge in [-0.3, -0.25) is 0 Å². The molecule has 1 atom stereocenters. The zero-order valence-electron chi connectivity index (χ0n) is 11.0. The first kappa shape index (κ1) is 16.2. The average Bonchev–Trinajstić information content (AvgIpc) is 2.46. The van der Waals surface area contributed by atoms with Gasteiger partial charge in [-0.2, -0.15) is 22.0 Å². The van der Waals surface area contributed by atoms with E-state index in [9.17, 15) is 26.3 Å². The molecule has 0 amide bonds. The van der Waals surface area contributed by atoms with Crippen LogP contribution in [-0.2, 0) is 0 Å². The van der Waals surface area contributed by atoms with Crippen LogP contribution in [0, 0.1) is 5.82 Å². The number of para-hydroxylation sites is 1. The van der Waals surface area contributed by atoms with Gasteiger partial charge in [0, 0.05) is 5.69 Å². The summed E-state index contributed by atoms with van der Waals surface area (Å²) in [4.78, 5) is 0. The molecule has 0 bridgehead atoms. The Kier molecular flexibility index (Phi) is 4.35. The summed E-state index contributed by atoms with van der Waals surface area (Å²) in [6.07, 6.45) is -5.74. The smallest absolute Gasteiger partial charge is 0.373 e. The van der Waals surface area contributed by atoms with Gasteiger partial charge in [-0.1, -0.05) is 30.3 Å². The van der Waals surface area contributed by atoms with Crippen LogP contribution in [0.4, 0.5) is 32.0 Å². The number of nitrogens with one attached hydrogen (secondary N) is 1. The second-order valence-corrected chi connectivity index (χ2v) is 4.62. The van der Waals surface area contributed by atoms with Gasteiger partial charge in [0.15, 0.2) is 0 Å². The Morgan fingerprint density at radius 1 is 0.773 bits per heavy atom. The third-order valence-electron chi connectivity index (χ3n) is 3.03. The van der Waals surface area contributed by atoms with Gasteiger partial charge in [-0.15, -0.1) is 0 Å². The minimum atomic E-state index is -5.74. The molecule has 0 aromatic heterocycles. The molecule has 0 radical (unpaired) electrons. The predicted octanol–water partition coefficient (Wildman–Crippen LogP) is 5.18. The van der Waals surface area contributed by atoms with Gasteiger partial charge < -0.3 is 5.32 Å². The van der Waals surface area contributed by atoms with Crippen LogP contribution in [0.3, 0.4) is 0 Å². The molecular formula is C15H11F6N. The normalized spacial score (nSPS) is 13.7. The monoisotopic (exact) mass is 319 g/mol. The van der Waals surface area contributed by atoms with Crippen molar-refractivity contribution in [3.63, 3.8) is 0 Å². The average molecular weight is 319 g/mol. The van der Waals surface area contributed by atoms with Crippen molar-refractivity contribution < 1.29 is 26.3 Å². The van der Waals surface area contributed by atoms with Crippen LogP contribution in [0.15, 0.2) is 54.6 Å². The summed E-state index contributed by atoms with van der Waals surface area (Å²) in [7, 11) is 0. The Balaban J connectivity index is 2.43. The molecule has 0 aliphatic heterocycles. The quantitative estimate of drug-likeness (QED) is 0.766. The maximum absolute atomic E-state index is 13.8. The summed E-state index contributed by atoms with van der Waals surface area (Å²) in [6.45, 7) is 0. The lowest BCUT2D eigenvalue weighted by atomic mass is 9.99. The molecule has 0 aliphatic carbocycles. The molecule has 0 heterocycles. The van der Waals surface area contributed by atoms with Crippen molar-refractivity contribution in [2.75, 3.05) is 5.32 Å². The molecule has 118 valence electrons. The second kappa shape index (κ2) is 5.90. The Hall–Kier alpha value is -2.18. The first-order valence-electron chi connectivity index (χ1n) is 6.23. The highest BCUT2D eigenvalue weighted by Gasteiger charge is 2.62. The van der Waals surface area contributed by atoms with Crippen LogP contribution in [0.1, 0.15) is 11.6 Å². The molecule has 0 saturated heterocycles. The fourth-order valence-electron chi connectivity index (χ4n) is 1.90. The van der Waals surface area contributed by atoms with Gasteiger partial charge in [0.2, 0.25) is 0 Å². The van der Waals surface area contributed by atoms with Crippen molar-refractivity contribution in [3.8, 4) is 0 Å². The van der Waals surface area contributed by atoms with Crippen LogP contribution >= 0.6 is 0 Å². The molecule has 0 spiro atoms. The van der Waals surface area contributed by atoms with Gasteiger partial charge in [-0.25, -0.2) is 4.39 Å². The molecule has 2 rings (SSSR count). The van der Waals surface area contributed by atoms with E-state index in [1.54, 1.807) is 6.07 Å². The molecule has 0 saturated carbocycles. The van der Waals surface area contributed by atoms with Crippen LogP contribution in [0.2, 0.25) is 0 Å². The number of anilines is 1. The van der Waals surface area contributed by atoms with Crippen molar-refractivity contribution in [2.45, 2.75) is 18.1 Å². The summed E-state index contributed by atoms with van der Waals surface area (Å²) < 4.78 is 78.5. The molecule has 1 nitrogen and oxygen atoms in total. The van der Waals surface area contributed by atoms with E-state index in [2.05, 4.69) is 5.32 Å². The topological polar surface area (TPSA) is 12.0 Å². The van der Waals surface area contributed by atoms with E-state index < -0.39 is 24.0 Å². The summed E-state index contributed by atoms with van der Waals surface area (Å²) in [5.74, 6) is -5.75. The SMILES string of the molecule is Fc1ccc(C(Nc2ccccc2)C(F)(F)C(F)(F)F)cc1. The minimum absolute atomic E-state index is 0.0979. The van der Waals surface area contributed by atoms with E-state index in [1.165, 1.54) is 24.3 Å². The maximum atomic E-state index is 13.8. The van der Waals surface area contributed by atoms with E-state index in [0.29, 0.717) is 0 Å². The summed E-state index contributed by atoms with van der Waals surface area (Å²) >= 11 is 0. The second-order valence-electron chi connectivity index (χ2n) is 4.62. The zero-order valence-corrected chi connectivity index (χ0v) is 11.0. The molecule has 1 unspecified atom stereocenters. The molecule has 1 N–H and O–H groups in total. The van der Waals surface area contributed by atoms with Crippen molar-refractivity contribution in [1.82, 2.24) is 0 Å². The highest BCUT2D eigenvalue weighted by molar-refractivity contribution is 5.46. The Bertz CT molecular complexity index is 606. The predicted molar refractivity (Wildman–Crippen MR) is 70.2 cm³/mol. The van der Waals surface area contributed by atoms with E-state index in [0.717, 1.165) is 24.3 Å². The van der Waals surface area contributed by atoms with Crippen LogP contribution in [-0.4, -0.2) is 12.1 Å². The van der Waals surface area contributed by atoms with E-state index >= 15 is 0 Å². The van der Waals surface area contributed by atoms with Gasteiger partial charge in [0.1, 0.15) is 11.9 Å². The molecule has 7 heteroatoms. The lowest BCUT2D eigenvalue weighted by Crippen LogP contribution is -2.45. The molecule has 2 aromatic carbocycles. The minimum Gasteiger partial charge on any atom is -0.373 e. The van der Waals surface area contributed by atoms with Gasteiger partial charge in [-0.05, 0) is 29.8 Å². The fourth-order valence-corrected chi connectivity index (χ4v) is 1.90. The number of halogens is 6. The number of alkyl halides is 5. The van der Waals surface area contributed by atoms with E-state index in [1.807, 2.05) is 0 Å². The molecule has 0 fully saturated rings. The standard InChI is InChI=1S/C15H11F6N/c16-11-8-6-10(7-9-11)13(14(17,18)15(19,20)21)22-12-4-2-1-3-5-12/h1-9,13,22H. The number of benzene rings is 2. The van der Waals surface area contributed by atoms with Gasteiger partial charge in [0.05, 0.1) is 0 Å². The lowest BCUT2D eigenvalue weighted by molar-refractivity contribution is -0.288. The molecule has 2 aromatic rings. The van der Waals surface area contributed by atoms with Crippen molar-refractivity contribution in [1.29, 1.82) is 0 Å². The molecule has 0 aliphatic rings. The Morgan fingerprint density at radius 3 is 1.82 bits per heavy atom. The van der Waals surface area contributed by atoms with Gasteiger partial charge >= 0.3 is 12.1 Å². The van der Waals surface area contributed by atoms with Crippen LogP contribution < -0.4 is 5.32 Å². The summed E-state index contributed by atoms with van der Waals surface area (Å²) in [6, 6.07) is 8.42. The van der Waals surface area contributed by atoms with Crippen molar-refractivity contribution in [3.05, 3.63) is 66.0 Å². The Labute approximate surface area is 122 Å². The first-order valence-corrected chi connectivity index (χ1v) is 6.23. The summed E-state index contributed by atoms with van der Waals surface area (Å²) in [5.41, 5.74) is -0.270. The van der Waals surface area contributed by atoms with Crippen LogP contribution in [0.25, 0.3) is 0 Å². The number of hydrogen-bond acceptors (Lipinski definition) is 1. The molecule has 22 heavy (non-hydrogen) atoms. The highest BCUT2D eigenvalue weighted by atomic mass is 19.4. The first-order chi connectivity index (χ1) is 10.2. The van der Waals surface area contributed by atoms with Crippen molar-refractivity contribution in [2.24, 2.45) is 0 Å². The van der Waals surface area contributed by atoms with Crippen LogP contribution in [0.5, 0.6) is 0 Å². The van der Waals surface area contributed by atoms with Crippen molar-refractivity contribution >= 4 is 5.69 Å². The maximum Gasteiger partial charge on any atom is 0.455 e. The third-order valence-corrected chi connectivity index (χ3v) is 3.03.